The molecule has 0 aromatic heterocycles. The Balaban J connectivity index is 1.56. The van der Waals surface area contributed by atoms with Crippen molar-refractivity contribution in [3.05, 3.63) is 0 Å². The number of nitrogens with two attached hydrogens (primary N) is 1. The molecule has 0 radical (unpaired) electrons. The van der Waals surface area contributed by atoms with Crippen LogP contribution in [-0.2, 0) is 4.79 Å². The maximum absolute atomic E-state index is 12.6. The Morgan fingerprint density at radius 1 is 1.20 bits per heavy atom. The molecule has 20 heavy (non-hydrogen) atoms. The zero-order valence-electron chi connectivity index (χ0n) is 12.7. The number of fused-ring (bicyclic) bond motifs is 1. The van der Waals surface area contributed by atoms with E-state index >= 15 is 0 Å². The van der Waals surface area contributed by atoms with Gasteiger partial charge in [-0.2, -0.15) is 0 Å². The fraction of sp³-hybridized carbons (Fsp3) is 0.938. The van der Waals surface area contributed by atoms with Crippen molar-refractivity contribution in [2.75, 3.05) is 13.1 Å². The third-order valence-corrected chi connectivity index (χ3v) is 5.74. The first-order valence-corrected chi connectivity index (χ1v) is 8.39. The zero-order valence-corrected chi connectivity index (χ0v) is 12.7. The summed E-state index contributed by atoms with van der Waals surface area (Å²) in [6.45, 7) is 4.46. The fourth-order valence-corrected chi connectivity index (χ4v) is 4.45. The van der Waals surface area contributed by atoms with E-state index < -0.39 is 0 Å². The number of rotatable bonds is 2. The highest BCUT2D eigenvalue weighted by molar-refractivity contribution is 5.80. The summed E-state index contributed by atoms with van der Waals surface area (Å²) >= 11 is 0. The van der Waals surface area contributed by atoms with Crippen molar-refractivity contribution in [2.45, 2.75) is 75.9 Å². The van der Waals surface area contributed by atoms with Gasteiger partial charge in [-0.15, -0.1) is 0 Å². The molecular weight excluding hydrogens is 250 g/mol. The van der Waals surface area contributed by atoms with E-state index in [1.165, 1.54) is 19.4 Å². The van der Waals surface area contributed by atoms with Crippen LogP contribution in [-0.4, -0.2) is 41.5 Å². The molecule has 0 aromatic carbocycles. The lowest BCUT2D eigenvalue weighted by Gasteiger charge is -2.40. The van der Waals surface area contributed by atoms with Crippen LogP contribution < -0.4 is 11.1 Å². The van der Waals surface area contributed by atoms with Crippen molar-refractivity contribution in [1.82, 2.24) is 10.2 Å². The molecule has 3 rings (SSSR count). The van der Waals surface area contributed by atoms with Gasteiger partial charge in [-0.3, -0.25) is 4.79 Å². The first-order valence-electron chi connectivity index (χ1n) is 8.39. The van der Waals surface area contributed by atoms with Gasteiger partial charge in [0.1, 0.15) is 0 Å². The summed E-state index contributed by atoms with van der Waals surface area (Å²) in [5.41, 5.74) is 6.04. The van der Waals surface area contributed by atoms with E-state index in [9.17, 15) is 4.79 Å². The van der Waals surface area contributed by atoms with Crippen molar-refractivity contribution < 1.29 is 4.79 Å². The van der Waals surface area contributed by atoms with Crippen molar-refractivity contribution in [3.8, 4) is 0 Å². The monoisotopic (exact) mass is 279 g/mol. The summed E-state index contributed by atoms with van der Waals surface area (Å²) in [5.74, 6) is 0.226. The molecule has 1 amide bonds. The predicted octanol–water partition coefficient (Wildman–Crippen LogP) is 1.64. The van der Waals surface area contributed by atoms with E-state index in [1.807, 2.05) is 0 Å². The van der Waals surface area contributed by atoms with Crippen LogP contribution in [0.1, 0.15) is 58.3 Å². The molecule has 2 saturated heterocycles. The molecule has 2 heterocycles. The third kappa shape index (κ3) is 2.86. The van der Waals surface area contributed by atoms with Gasteiger partial charge >= 0.3 is 0 Å². The second-order valence-electron chi connectivity index (χ2n) is 7.37. The Morgan fingerprint density at radius 2 is 2.05 bits per heavy atom. The Kier molecular flexibility index (Phi) is 4.04. The number of amides is 1. The van der Waals surface area contributed by atoms with Crippen LogP contribution in [0.3, 0.4) is 0 Å². The molecule has 1 aliphatic carbocycles. The minimum absolute atomic E-state index is 0.0119. The van der Waals surface area contributed by atoms with Gasteiger partial charge in [0, 0.05) is 24.2 Å². The molecule has 4 unspecified atom stereocenters. The van der Waals surface area contributed by atoms with Crippen LogP contribution >= 0.6 is 0 Å². The lowest BCUT2D eigenvalue weighted by atomic mass is 9.74. The number of carbonyl (C=O) groups excluding carboxylic acids is 1. The molecule has 4 atom stereocenters. The van der Waals surface area contributed by atoms with Crippen LogP contribution in [0, 0.1) is 5.92 Å². The number of nitrogens with zero attached hydrogens (tertiary/aromatic N) is 1. The van der Waals surface area contributed by atoms with Gasteiger partial charge in [-0.05, 0) is 52.0 Å². The van der Waals surface area contributed by atoms with E-state index in [1.54, 1.807) is 0 Å². The predicted molar refractivity (Wildman–Crippen MR) is 80.3 cm³/mol. The summed E-state index contributed by atoms with van der Waals surface area (Å²) in [6.07, 6.45) is 9.13. The SMILES string of the molecule is CC1(N)CCCCC1C(=O)NC1CCN2CCCC2C1. The highest BCUT2D eigenvalue weighted by atomic mass is 16.2. The van der Waals surface area contributed by atoms with E-state index in [4.69, 9.17) is 5.73 Å². The quantitative estimate of drug-likeness (QED) is 0.808. The van der Waals surface area contributed by atoms with Crippen LogP contribution in [0.4, 0.5) is 0 Å². The number of carbonyl (C=O) groups is 1. The van der Waals surface area contributed by atoms with Crippen molar-refractivity contribution in [2.24, 2.45) is 11.7 Å². The van der Waals surface area contributed by atoms with Crippen LogP contribution in [0.25, 0.3) is 0 Å². The summed E-state index contributed by atoms with van der Waals surface area (Å²) in [4.78, 5) is 15.2. The molecule has 2 aliphatic heterocycles. The molecule has 0 aromatic rings. The minimum Gasteiger partial charge on any atom is -0.353 e. The molecule has 4 nitrogen and oxygen atoms in total. The van der Waals surface area contributed by atoms with Gasteiger partial charge in [0.05, 0.1) is 5.92 Å². The minimum atomic E-state index is -0.309. The molecule has 4 heteroatoms. The normalized spacial score (nSPS) is 42.2. The molecule has 3 fully saturated rings. The van der Waals surface area contributed by atoms with Gasteiger partial charge in [-0.1, -0.05) is 12.8 Å². The Morgan fingerprint density at radius 3 is 2.85 bits per heavy atom. The standard InChI is InChI=1S/C16H29N3O/c1-16(17)8-3-2-6-14(16)15(20)18-12-7-10-19-9-4-5-13(19)11-12/h12-14H,2-11,17H2,1H3,(H,18,20). The molecule has 0 bridgehead atoms. The first-order chi connectivity index (χ1) is 9.56. The largest absolute Gasteiger partial charge is 0.353 e. The topological polar surface area (TPSA) is 58.4 Å². The van der Waals surface area contributed by atoms with Crippen LogP contribution in [0.5, 0.6) is 0 Å². The van der Waals surface area contributed by atoms with Gasteiger partial charge < -0.3 is 16.0 Å². The Bertz CT molecular complexity index is 369. The second kappa shape index (κ2) is 5.64. The summed E-state index contributed by atoms with van der Waals surface area (Å²) < 4.78 is 0. The number of hydrogen-bond acceptors (Lipinski definition) is 3. The maximum atomic E-state index is 12.6. The van der Waals surface area contributed by atoms with E-state index in [0.717, 1.165) is 45.1 Å². The average Bonchev–Trinajstić information content (AvgIpc) is 2.85. The third-order valence-electron chi connectivity index (χ3n) is 5.74. The molecule has 3 N–H and O–H groups in total. The fourth-order valence-electron chi connectivity index (χ4n) is 4.45. The molecule has 3 aliphatic rings. The van der Waals surface area contributed by atoms with E-state index in [0.29, 0.717) is 12.1 Å². The van der Waals surface area contributed by atoms with Gasteiger partial charge in [0.15, 0.2) is 0 Å². The van der Waals surface area contributed by atoms with Crippen LogP contribution in [0.2, 0.25) is 0 Å². The maximum Gasteiger partial charge on any atom is 0.225 e. The number of hydrogen-bond donors (Lipinski definition) is 2. The Hall–Kier alpha value is -0.610. The average molecular weight is 279 g/mol. The lowest BCUT2D eigenvalue weighted by Crippen LogP contribution is -2.56. The highest BCUT2D eigenvalue weighted by Crippen LogP contribution is 2.32. The zero-order chi connectivity index (χ0) is 14.2. The van der Waals surface area contributed by atoms with Crippen molar-refractivity contribution >= 4 is 5.91 Å². The smallest absolute Gasteiger partial charge is 0.225 e. The van der Waals surface area contributed by atoms with E-state index in [-0.39, 0.29) is 17.4 Å². The van der Waals surface area contributed by atoms with Crippen molar-refractivity contribution in [1.29, 1.82) is 0 Å². The summed E-state index contributed by atoms with van der Waals surface area (Å²) in [7, 11) is 0. The second-order valence-corrected chi connectivity index (χ2v) is 7.37. The molecule has 0 spiro atoms. The summed E-state index contributed by atoms with van der Waals surface area (Å²) in [5, 5.41) is 3.31. The Labute approximate surface area is 122 Å². The lowest BCUT2D eigenvalue weighted by molar-refractivity contribution is -0.129. The van der Waals surface area contributed by atoms with Gasteiger partial charge in [0.25, 0.3) is 0 Å². The van der Waals surface area contributed by atoms with E-state index in [2.05, 4.69) is 17.1 Å². The van der Waals surface area contributed by atoms with Crippen LogP contribution in [0.15, 0.2) is 0 Å². The van der Waals surface area contributed by atoms with Gasteiger partial charge in [0.2, 0.25) is 5.91 Å². The summed E-state index contributed by atoms with van der Waals surface area (Å²) in [6, 6.07) is 1.09. The molecular formula is C16H29N3O. The molecule has 1 saturated carbocycles. The van der Waals surface area contributed by atoms with Crippen molar-refractivity contribution in [3.63, 3.8) is 0 Å². The first kappa shape index (κ1) is 14.3. The highest BCUT2D eigenvalue weighted by Gasteiger charge is 2.39. The molecule has 114 valence electrons. The number of piperidine rings is 1. The number of nitrogens with one attached hydrogen (secondary N) is 1. The van der Waals surface area contributed by atoms with Gasteiger partial charge in [-0.25, -0.2) is 0 Å².